The van der Waals surface area contributed by atoms with Crippen LogP contribution in [0.1, 0.15) is 35.1 Å². The summed E-state index contributed by atoms with van der Waals surface area (Å²) in [5.41, 5.74) is 1.47. The van der Waals surface area contributed by atoms with E-state index in [1.54, 1.807) is 0 Å². The second-order valence-electron chi connectivity index (χ2n) is 4.98. The Morgan fingerprint density at radius 1 is 1.41 bits per heavy atom. The van der Waals surface area contributed by atoms with Gasteiger partial charge in [0.15, 0.2) is 0 Å². The molecule has 1 aliphatic rings. The van der Waals surface area contributed by atoms with Crippen molar-refractivity contribution < 1.29 is 0 Å². The van der Waals surface area contributed by atoms with Crippen LogP contribution in [0.5, 0.6) is 0 Å². The Morgan fingerprint density at radius 3 is 2.71 bits per heavy atom. The molecule has 1 aromatic rings. The number of aryl methyl sites for hydroxylation is 2. The minimum absolute atomic E-state index is 0.895. The minimum atomic E-state index is 0.895. The summed E-state index contributed by atoms with van der Waals surface area (Å²) in [7, 11) is 0. The monoisotopic (exact) mass is 252 g/mol. The molecule has 0 radical (unpaired) electrons. The Balaban J connectivity index is 1.67. The number of hydrogen-bond donors (Lipinski definition) is 1. The van der Waals surface area contributed by atoms with Crippen molar-refractivity contribution in [1.82, 2.24) is 10.2 Å². The van der Waals surface area contributed by atoms with Crippen LogP contribution in [0.25, 0.3) is 0 Å². The van der Waals surface area contributed by atoms with Crippen LogP contribution in [-0.4, -0.2) is 30.6 Å². The van der Waals surface area contributed by atoms with E-state index in [4.69, 9.17) is 0 Å². The molecule has 2 rings (SSSR count). The highest BCUT2D eigenvalue weighted by Crippen LogP contribution is 2.25. The maximum Gasteiger partial charge on any atom is 0.0217 e. The lowest BCUT2D eigenvalue weighted by Gasteiger charge is -2.19. The molecule has 1 N–H and O–H groups in total. The summed E-state index contributed by atoms with van der Waals surface area (Å²) < 4.78 is 0. The van der Waals surface area contributed by atoms with Crippen LogP contribution in [0.15, 0.2) is 6.07 Å². The molecular weight excluding hydrogens is 228 g/mol. The second kappa shape index (κ2) is 5.98. The molecule has 96 valence electrons. The van der Waals surface area contributed by atoms with Gasteiger partial charge in [-0.1, -0.05) is 6.92 Å². The van der Waals surface area contributed by atoms with Gasteiger partial charge >= 0.3 is 0 Å². The van der Waals surface area contributed by atoms with Crippen molar-refractivity contribution in [3.8, 4) is 0 Å². The van der Waals surface area contributed by atoms with Gasteiger partial charge in [0.05, 0.1) is 0 Å². The van der Waals surface area contributed by atoms with E-state index in [1.165, 1.54) is 41.2 Å². The maximum absolute atomic E-state index is 3.57. The van der Waals surface area contributed by atoms with Crippen molar-refractivity contribution in [3.05, 3.63) is 21.4 Å². The molecule has 0 aromatic carbocycles. The van der Waals surface area contributed by atoms with E-state index in [0.717, 1.165) is 19.1 Å². The third-order valence-corrected chi connectivity index (χ3v) is 4.51. The fourth-order valence-electron chi connectivity index (χ4n) is 2.34. The third kappa shape index (κ3) is 3.80. The average molecular weight is 252 g/mol. The van der Waals surface area contributed by atoms with Crippen LogP contribution in [0.2, 0.25) is 0 Å². The van der Waals surface area contributed by atoms with E-state index in [9.17, 15) is 0 Å². The Hall–Kier alpha value is -0.380. The first-order chi connectivity index (χ1) is 8.20. The molecule has 0 aliphatic heterocycles. The van der Waals surface area contributed by atoms with Gasteiger partial charge in [0.2, 0.25) is 0 Å². The number of thiophene rings is 1. The lowest BCUT2D eigenvalue weighted by atomic mass is 10.2. The molecule has 0 bridgehead atoms. The Morgan fingerprint density at radius 2 is 2.18 bits per heavy atom. The summed E-state index contributed by atoms with van der Waals surface area (Å²) in [6.07, 6.45) is 2.83. The molecule has 3 heteroatoms. The van der Waals surface area contributed by atoms with Crippen LogP contribution in [-0.2, 0) is 6.54 Å². The van der Waals surface area contributed by atoms with Crippen LogP contribution >= 0.6 is 11.3 Å². The van der Waals surface area contributed by atoms with Gasteiger partial charge in [0.1, 0.15) is 0 Å². The van der Waals surface area contributed by atoms with Gasteiger partial charge in [-0.2, -0.15) is 0 Å². The fraction of sp³-hybridized carbons (Fsp3) is 0.714. The van der Waals surface area contributed by atoms with Gasteiger partial charge in [-0.15, -0.1) is 11.3 Å². The van der Waals surface area contributed by atoms with Crippen LogP contribution in [0, 0.1) is 13.8 Å². The van der Waals surface area contributed by atoms with Crippen molar-refractivity contribution >= 4 is 11.3 Å². The van der Waals surface area contributed by atoms with E-state index in [1.807, 2.05) is 11.3 Å². The molecular formula is C14H24N2S. The summed E-state index contributed by atoms with van der Waals surface area (Å²) in [6, 6.07) is 3.21. The third-order valence-electron chi connectivity index (χ3n) is 3.50. The van der Waals surface area contributed by atoms with E-state index < -0.39 is 0 Å². The predicted molar refractivity (Wildman–Crippen MR) is 75.8 cm³/mol. The highest BCUT2D eigenvalue weighted by atomic mass is 32.1. The maximum atomic E-state index is 3.57. The summed E-state index contributed by atoms with van der Waals surface area (Å²) in [6.45, 7) is 11.2. The molecule has 1 heterocycles. The van der Waals surface area contributed by atoms with E-state index in [-0.39, 0.29) is 0 Å². The lowest BCUT2D eigenvalue weighted by Crippen LogP contribution is -2.33. The highest BCUT2D eigenvalue weighted by Gasteiger charge is 2.26. The zero-order valence-electron chi connectivity index (χ0n) is 11.3. The standard InChI is InChI=1S/C14H24N2S/c1-4-16(14-5-6-14)8-7-15-10-13-9-11(2)17-12(13)3/h9,14-15H,4-8,10H2,1-3H3. The minimum Gasteiger partial charge on any atom is -0.311 e. The molecule has 0 unspecified atom stereocenters. The van der Waals surface area contributed by atoms with E-state index in [2.05, 4.69) is 37.1 Å². The Kier molecular flexibility index (Phi) is 4.60. The number of rotatable bonds is 7. The SMILES string of the molecule is CCN(CCNCc1cc(C)sc1C)C1CC1. The van der Waals surface area contributed by atoms with E-state index >= 15 is 0 Å². The molecule has 0 spiro atoms. The highest BCUT2D eigenvalue weighted by molar-refractivity contribution is 7.12. The zero-order valence-corrected chi connectivity index (χ0v) is 12.1. The molecule has 0 atom stereocenters. The number of likely N-dealkylation sites (N-methyl/N-ethyl adjacent to an activating group) is 1. The largest absolute Gasteiger partial charge is 0.311 e. The zero-order chi connectivity index (χ0) is 12.3. The number of nitrogens with one attached hydrogen (secondary N) is 1. The van der Waals surface area contributed by atoms with Gasteiger partial charge in [-0.25, -0.2) is 0 Å². The number of nitrogens with zero attached hydrogens (tertiary/aromatic N) is 1. The van der Waals surface area contributed by atoms with Crippen molar-refractivity contribution in [1.29, 1.82) is 0 Å². The molecule has 1 fully saturated rings. The van der Waals surface area contributed by atoms with Gasteiger partial charge in [0, 0.05) is 35.4 Å². The van der Waals surface area contributed by atoms with Gasteiger partial charge in [-0.3, -0.25) is 4.90 Å². The van der Waals surface area contributed by atoms with Crippen LogP contribution in [0.3, 0.4) is 0 Å². The summed E-state index contributed by atoms with van der Waals surface area (Å²) in [5, 5.41) is 3.57. The Labute approximate surface area is 109 Å². The topological polar surface area (TPSA) is 15.3 Å². The quantitative estimate of drug-likeness (QED) is 0.751. The van der Waals surface area contributed by atoms with Gasteiger partial charge in [0.25, 0.3) is 0 Å². The lowest BCUT2D eigenvalue weighted by molar-refractivity contribution is 0.277. The van der Waals surface area contributed by atoms with Crippen LogP contribution in [0.4, 0.5) is 0 Å². The smallest absolute Gasteiger partial charge is 0.0217 e. The number of hydrogen-bond acceptors (Lipinski definition) is 3. The molecule has 17 heavy (non-hydrogen) atoms. The molecule has 1 aromatic heterocycles. The molecule has 0 saturated heterocycles. The fourth-order valence-corrected chi connectivity index (χ4v) is 3.29. The van der Waals surface area contributed by atoms with Gasteiger partial charge in [-0.05, 0) is 44.9 Å². The average Bonchev–Trinajstić information content (AvgIpc) is 3.06. The molecule has 2 nitrogen and oxygen atoms in total. The van der Waals surface area contributed by atoms with Crippen molar-refractivity contribution in [2.24, 2.45) is 0 Å². The first-order valence-electron chi connectivity index (χ1n) is 6.71. The molecule has 0 amide bonds. The first-order valence-corrected chi connectivity index (χ1v) is 7.53. The second-order valence-corrected chi connectivity index (χ2v) is 6.44. The molecule has 1 saturated carbocycles. The van der Waals surface area contributed by atoms with Crippen molar-refractivity contribution in [3.63, 3.8) is 0 Å². The van der Waals surface area contributed by atoms with Gasteiger partial charge < -0.3 is 5.32 Å². The first kappa shape index (κ1) is 13.1. The van der Waals surface area contributed by atoms with Crippen LogP contribution < -0.4 is 5.32 Å². The predicted octanol–water partition coefficient (Wildman–Crippen LogP) is 2.94. The molecule has 1 aliphatic carbocycles. The summed E-state index contributed by atoms with van der Waals surface area (Å²) in [5.74, 6) is 0. The van der Waals surface area contributed by atoms with Crippen molar-refractivity contribution in [2.45, 2.75) is 46.2 Å². The normalized spacial score (nSPS) is 15.8. The van der Waals surface area contributed by atoms with Crippen molar-refractivity contribution in [2.75, 3.05) is 19.6 Å². The van der Waals surface area contributed by atoms with E-state index in [0.29, 0.717) is 0 Å². The summed E-state index contributed by atoms with van der Waals surface area (Å²) in [4.78, 5) is 5.48. The Bertz CT molecular complexity index is 355. The summed E-state index contributed by atoms with van der Waals surface area (Å²) >= 11 is 1.90.